The lowest BCUT2D eigenvalue weighted by Gasteiger charge is -2.13. The highest BCUT2D eigenvalue weighted by atomic mass is 16.5. The smallest absolute Gasteiger partial charge is 0.249 e. The summed E-state index contributed by atoms with van der Waals surface area (Å²) in [5.41, 5.74) is 3.83. The SMILES string of the molecule is COc1cc(/C=C/C(=O)Nc2c3c(nn2-c2ccccc2)CCC3)cc(OC)c1OC. The average Bonchev–Trinajstić information content (AvgIpc) is 3.40. The summed E-state index contributed by atoms with van der Waals surface area (Å²) >= 11 is 0. The fourth-order valence-corrected chi connectivity index (χ4v) is 3.80. The van der Waals surface area contributed by atoms with Gasteiger partial charge in [0.05, 0.1) is 32.7 Å². The van der Waals surface area contributed by atoms with Crippen LogP contribution in [0, 0.1) is 0 Å². The third-order valence-corrected chi connectivity index (χ3v) is 5.26. The van der Waals surface area contributed by atoms with Gasteiger partial charge >= 0.3 is 0 Å². The summed E-state index contributed by atoms with van der Waals surface area (Å²) in [6.45, 7) is 0. The van der Waals surface area contributed by atoms with E-state index in [1.807, 2.05) is 35.0 Å². The van der Waals surface area contributed by atoms with Gasteiger partial charge in [-0.2, -0.15) is 5.10 Å². The summed E-state index contributed by atoms with van der Waals surface area (Å²) < 4.78 is 17.9. The number of methoxy groups -OCH3 is 3. The van der Waals surface area contributed by atoms with Crippen LogP contribution in [-0.2, 0) is 17.6 Å². The molecule has 0 atom stereocenters. The van der Waals surface area contributed by atoms with Gasteiger partial charge in [0.2, 0.25) is 11.7 Å². The first-order chi connectivity index (χ1) is 15.1. The lowest BCUT2D eigenvalue weighted by molar-refractivity contribution is -0.111. The van der Waals surface area contributed by atoms with Gasteiger partial charge in [0.1, 0.15) is 5.82 Å². The second-order valence-electron chi connectivity index (χ2n) is 7.16. The van der Waals surface area contributed by atoms with Crippen molar-refractivity contribution < 1.29 is 19.0 Å². The molecule has 0 aliphatic heterocycles. The van der Waals surface area contributed by atoms with Crippen LogP contribution in [0.5, 0.6) is 17.2 Å². The minimum atomic E-state index is -0.236. The number of carbonyl (C=O) groups is 1. The van der Waals surface area contributed by atoms with E-state index in [1.54, 1.807) is 39.5 Å². The fourth-order valence-electron chi connectivity index (χ4n) is 3.80. The van der Waals surface area contributed by atoms with Crippen LogP contribution >= 0.6 is 0 Å². The molecule has 0 saturated heterocycles. The Morgan fingerprint density at radius 2 is 1.74 bits per heavy atom. The molecule has 1 aromatic heterocycles. The van der Waals surface area contributed by atoms with Gasteiger partial charge in [0, 0.05) is 11.6 Å². The quantitative estimate of drug-likeness (QED) is 0.585. The van der Waals surface area contributed by atoms with Crippen molar-refractivity contribution in [1.29, 1.82) is 0 Å². The van der Waals surface area contributed by atoms with E-state index in [0.717, 1.165) is 47.6 Å². The topological polar surface area (TPSA) is 74.6 Å². The lowest BCUT2D eigenvalue weighted by Crippen LogP contribution is -2.13. The van der Waals surface area contributed by atoms with Crippen LogP contribution in [0.2, 0.25) is 0 Å². The van der Waals surface area contributed by atoms with E-state index in [2.05, 4.69) is 5.32 Å². The number of aryl methyl sites for hydroxylation is 1. The number of aromatic nitrogens is 2. The molecule has 0 unspecified atom stereocenters. The second-order valence-corrected chi connectivity index (χ2v) is 7.16. The normalized spacial score (nSPS) is 12.6. The van der Waals surface area contributed by atoms with Gasteiger partial charge in [-0.3, -0.25) is 4.79 Å². The number of nitrogens with one attached hydrogen (secondary N) is 1. The Hall–Kier alpha value is -3.74. The molecule has 1 heterocycles. The molecule has 7 heteroatoms. The molecule has 1 aliphatic carbocycles. The molecule has 0 spiro atoms. The number of nitrogens with zero attached hydrogens (tertiary/aromatic N) is 2. The van der Waals surface area contributed by atoms with Gasteiger partial charge in [-0.25, -0.2) is 4.68 Å². The van der Waals surface area contributed by atoms with E-state index in [-0.39, 0.29) is 5.91 Å². The fraction of sp³-hybridized carbons (Fsp3) is 0.250. The first-order valence-electron chi connectivity index (χ1n) is 10.1. The molecule has 31 heavy (non-hydrogen) atoms. The predicted octanol–water partition coefficient (Wildman–Crippen LogP) is 4.04. The molecular weight excluding hydrogens is 394 g/mol. The number of carbonyl (C=O) groups excluding carboxylic acids is 1. The van der Waals surface area contributed by atoms with Crippen molar-refractivity contribution in [1.82, 2.24) is 9.78 Å². The summed E-state index contributed by atoms with van der Waals surface area (Å²) in [6, 6.07) is 13.4. The number of benzene rings is 2. The third-order valence-electron chi connectivity index (χ3n) is 5.26. The molecule has 4 rings (SSSR count). The van der Waals surface area contributed by atoms with Gasteiger partial charge < -0.3 is 19.5 Å². The van der Waals surface area contributed by atoms with E-state index < -0.39 is 0 Å². The van der Waals surface area contributed by atoms with Crippen molar-refractivity contribution >= 4 is 17.8 Å². The number of hydrogen-bond donors (Lipinski definition) is 1. The molecular formula is C24H25N3O4. The minimum absolute atomic E-state index is 0.236. The maximum absolute atomic E-state index is 12.8. The maximum atomic E-state index is 12.8. The monoisotopic (exact) mass is 419 g/mol. The average molecular weight is 419 g/mol. The Bertz CT molecular complexity index is 1090. The van der Waals surface area contributed by atoms with Crippen molar-refractivity contribution in [2.45, 2.75) is 19.3 Å². The standard InChI is InChI=1S/C24H25N3O4/c1-29-20-14-16(15-21(30-2)23(20)31-3)12-13-22(28)25-24-18-10-7-11-19(18)26-27(24)17-8-5-4-6-9-17/h4-6,8-9,12-15H,7,10-11H2,1-3H3,(H,25,28)/b13-12+. The van der Waals surface area contributed by atoms with Crippen LogP contribution in [0.15, 0.2) is 48.5 Å². The Balaban J connectivity index is 1.60. The van der Waals surface area contributed by atoms with Gasteiger partial charge in [-0.1, -0.05) is 18.2 Å². The minimum Gasteiger partial charge on any atom is -0.493 e. The zero-order valence-corrected chi connectivity index (χ0v) is 17.8. The summed E-state index contributed by atoms with van der Waals surface area (Å²) in [5.74, 6) is 2.07. The highest BCUT2D eigenvalue weighted by molar-refractivity contribution is 6.02. The molecule has 7 nitrogen and oxygen atoms in total. The number of anilines is 1. The Morgan fingerprint density at radius 1 is 1.03 bits per heavy atom. The molecule has 0 fully saturated rings. The van der Waals surface area contributed by atoms with Gasteiger partial charge in [0.15, 0.2) is 11.5 Å². The molecule has 3 aromatic rings. The first kappa shape index (κ1) is 20.5. The molecule has 1 N–H and O–H groups in total. The van der Waals surface area contributed by atoms with Crippen LogP contribution in [0.25, 0.3) is 11.8 Å². The summed E-state index contributed by atoms with van der Waals surface area (Å²) in [6.07, 6.45) is 6.10. The van der Waals surface area contributed by atoms with Crippen LogP contribution in [0.1, 0.15) is 23.2 Å². The number of rotatable bonds is 7. The van der Waals surface area contributed by atoms with Crippen molar-refractivity contribution in [3.8, 4) is 22.9 Å². The van der Waals surface area contributed by atoms with E-state index in [0.29, 0.717) is 17.2 Å². The first-order valence-corrected chi connectivity index (χ1v) is 10.1. The molecule has 1 aliphatic rings. The van der Waals surface area contributed by atoms with E-state index in [1.165, 1.54) is 6.08 Å². The number of para-hydroxylation sites is 1. The van der Waals surface area contributed by atoms with Gasteiger partial charge in [-0.15, -0.1) is 0 Å². The van der Waals surface area contributed by atoms with Crippen LogP contribution in [0.3, 0.4) is 0 Å². The Labute approximate surface area is 181 Å². The molecule has 160 valence electrons. The van der Waals surface area contributed by atoms with Crippen LogP contribution in [0.4, 0.5) is 5.82 Å². The zero-order valence-electron chi connectivity index (χ0n) is 17.8. The summed E-state index contributed by atoms with van der Waals surface area (Å²) in [4.78, 5) is 12.8. The number of amides is 1. The van der Waals surface area contributed by atoms with Gasteiger partial charge in [-0.05, 0) is 55.2 Å². The predicted molar refractivity (Wildman–Crippen MR) is 119 cm³/mol. The van der Waals surface area contributed by atoms with Crippen LogP contribution in [-0.4, -0.2) is 37.0 Å². The highest BCUT2D eigenvalue weighted by Gasteiger charge is 2.23. The Morgan fingerprint density at radius 3 is 2.39 bits per heavy atom. The van der Waals surface area contributed by atoms with Crippen LogP contribution < -0.4 is 19.5 Å². The van der Waals surface area contributed by atoms with Crippen molar-refractivity contribution in [3.63, 3.8) is 0 Å². The molecule has 0 bridgehead atoms. The largest absolute Gasteiger partial charge is 0.493 e. The van der Waals surface area contributed by atoms with E-state index >= 15 is 0 Å². The highest BCUT2D eigenvalue weighted by Crippen LogP contribution is 2.38. The molecule has 2 aromatic carbocycles. The number of ether oxygens (including phenoxy) is 3. The number of fused-ring (bicyclic) bond motifs is 1. The van der Waals surface area contributed by atoms with E-state index in [9.17, 15) is 4.79 Å². The summed E-state index contributed by atoms with van der Waals surface area (Å²) in [7, 11) is 4.67. The van der Waals surface area contributed by atoms with Crippen molar-refractivity contribution in [2.75, 3.05) is 26.6 Å². The van der Waals surface area contributed by atoms with E-state index in [4.69, 9.17) is 19.3 Å². The van der Waals surface area contributed by atoms with Gasteiger partial charge in [0.25, 0.3) is 0 Å². The molecule has 0 saturated carbocycles. The maximum Gasteiger partial charge on any atom is 0.249 e. The van der Waals surface area contributed by atoms with Crippen molar-refractivity contribution in [3.05, 3.63) is 65.4 Å². The summed E-state index contributed by atoms with van der Waals surface area (Å²) in [5, 5.41) is 7.75. The van der Waals surface area contributed by atoms with Crippen molar-refractivity contribution in [2.24, 2.45) is 0 Å². The third kappa shape index (κ3) is 4.12. The molecule has 1 amide bonds. The Kier molecular flexibility index (Phi) is 5.93. The molecule has 0 radical (unpaired) electrons. The lowest BCUT2D eigenvalue weighted by atomic mass is 10.1. The number of hydrogen-bond acceptors (Lipinski definition) is 5. The zero-order chi connectivity index (χ0) is 21.8. The second kappa shape index (κ2) is 8.95.